The average molecular weight is 734 g/mol. The van der Waals surface area contributed by atoms with E-state index in [9.17, 15) is 14.4 Å². The number of urea groups is 2. The Kier molecular flexibility index (Phi) is 9.37. The first-order chi connectivity index (χ1) is 26.4. The van der Waals surface area contributed by atoms with E-state index in [1.54, 1.807) is 11.2 Å². The van der Waals surface area contributed by atoms with Gasteiger partial charge in [-0.2, -0.15) is 0 Å². The van der Waals surface area contributed by atoms with Crippen molar-refractivity contribution in [2.24, 2.45) is 11.8 Å². The number of rotatable bonds is 8. The number of aromatic nitrogens is 3. The zero-order chi connectivity index (χ0) is 36.8. The molecular weight excluding hydrogens is 683 g/mol. The number of hydrogen-bond acceptors (Lipinski definition) is 9. The number of nitrogens with zero attached hydrogens (tertiary/aromatic N) is 9. The molecule has 7 heterocycles. The third-order valence-electron chi connectivity index (χ3n) is 12.5. The molecule has 14 nitrogen and oxygen atoms in total. The molecule has 0 unspecified atom stereocenters. The highest BCUT2D eigenvalue weighted by atomic mass is 16.2. The number of benzene rings is 2. The number of likely N-dealkylation sites (N-methyl/N-ethyl adjacent to an activating group) is 1. The molecule has 2 aromatic carbocycles. The molecule has 9 rings (SSSR count). The fourth-order valence-corrected chi connectivity index (χ4v) is 9.23. The van der Waals surface area contributed by atoms with Gasteiger partial charge in [-0.25, -0.2) is 19.6 Å². The van der Waals surface area contributed by atoms with Gasteiger partial charge in [-0.3, -0.25) is 19.9 Å². The molecule has 14 heteroatoms. The molecule has 5 fully saturated rings. The molecule has 5 aliphatic heterocycles. The van der Waals surface area contributed by atoms with Gasteiger partial charge in [0, 0.05) is 127 Å². The molecule has 54 heavy (non-hydrogen) atoms. The Morgan fingerprint density at radius 3 is 2.06 bits per heavy atom. The highest BCUT2D eigenvalue weighted by molar-refractivity contribution is 6.12. The third-order valence-corrected chi connectivity index (χ3v) is 12.5. The molecule has 284 valence electrons. The maximum atomic E-state index is 12.4. The number of aromatic amines is 1. The summed E-state index contributed by atoms with van der Waals surface area (Å²) in [5, 5.41) is 4.68. The predicted molar refractivity (Wildman–Crippen MR) is 211 cm³/mol. The molecule has 2 N–H and O–H groups in total. The zero-order valence-electron chi connectivity index (χ0n) is 31.3. The lowest BCUT2D eigenvalue weighted by atomic mass is 9.95. The molecule has 0 saturated carbocycles. The van der Waals surface area contributed by atoms with E-state index >= 15 is 0 Å². The van der Waals surface area contributed by atoms with Crippen molar-refractivity contribution >= 4 is 62.8 Å². The topological polar surface area (TPSA) is 127 Å². The lowest BCUT2D eigenvalue weighted by molar-refractivity contribution is -0.120. The quantitative estimate of drug-likeness (QED) is 0.274. The summed E-state index contributed by atoms with van der Waals surface area (Å²) in [5.41, 5.74) is 5.26. The molecular formula is C40H51N11O3. The molecule has 4 aromatic rings. The first kappa shape index (κ1) is 34.6. The molecule has 2 aromatic heterocycles. The van der Waals surface area contributed by atoms with E-state index in [-0.39, 0.29) is 18.0 Å². The predicted octanol–water partition coefficient (Wildman–Crippen LogP) is 4.18. The van der Waals surface area contributed by atoms with Crippen molar-refractivity contribution in [1.29, 1.82) is 0 Å². The Hall–Kier alpha value is -5.11. The number of carbonyl (C=O) groups excluding carboxylic acids is 3. The van der Waals surface area contributed by atoms with E-state index in [0.29, 0.717) is 24.8 Å². The minimum atomic E-state index is -0.342. The van der Waals surface area contributed by atoms with E-state index in [1.165, 1.54) is 29.6 Å². The van der Waals surface area contributed by atoms with Crippen LogP contribution in [0.3, 0.4) is 0 Å². The van der Waals surface area contributed by atoms with Gasteiger partial charge in [0.05, 0.1) is 5.39 Å². The van der Waals surface area contributed by atoms with Crippen LogP contribution in [0.4, 0.5) is 32.5 Å². The highest BCUT2D eigenvalue weighted by Crippen LogP contribution is 2.35. The highest BCUT2D eigenvalue weighted by Gasteiger charge is 2.31. The van der Waals surface area contributed by atoms with Crippen molar-refractivity contribution in [3.8, 4) is 0 Å². The summed E-state index contributed by atoms with van der Waals surface area (Å²) in [6, 6.07) is 14.8. The van der Waals surface area contributed by atoms with Crippen molar-refractivity contribution in [1.82, 2.24) is 35.0 Å². The normalized spacial score (nSPS) is 21.3. The summed E-state index contributed by atoms with van der Waals surface area (Å²) in [4.78, 5) is 64.7. The van der Waals surface area contributed by atoms with Crippen LogP contribution in [0, 0.1) is 11.8 Å². The van der Waals surface area contributed by atoms with Gasteiger partial charge < -0.3 is 29.5 Å². The number of amides is 5. The van der Waals surface area contributed by atoms with E-state index < -0.39 is 0 Å². The summed E-state index contributed by atoms with van der Waals surface area (Å²) < 4.78 is 0. The monoisotopic (exact) mass is 733 g/mol. The molecule has 0 spiro atoms. The second kappa shape index (κ2) is 14.6. The summed E-state index contributed by atoms with van der Waals surface area (Å²) in [6.07, 6.45) is 6.48. The average Bonchev–Trinajstić information content (AvgIpc) is 3.73. The number of carbonyl (C=O) groups is 3. The minimum absolute atomic E-state index is 0.164. The van der Waals surface area contributed by atoms with Crippen LogP contribution in [0.25, 0.3) is 21.9 Å². The number of fused-ring (bicyclic) bond motifs is 3. The fourth-order valence-electron chi connectivity index (χ4n) is 9.23. The zero-order valence-corrected chi connectivity index (χ0v) is 31.3. The Bertz CT molecular complexity index is 2010. The van der Waals surface area contributed by atoms with Crippen molar-refractivity contribution in [3.63, 3.8) is 0 Å². The minimum Gasteiger partial charge on any atom is -0.372 e. The maximum absolute atomic E-state index is 12.4. The standard InChI is InChI=1S/C40H51N11O3/c1-45-18-21-50(40(45)54)26-29-10-15-49(16-11-29)38-36-33-7-6-32(24-34(33)43-37(36)41-27-42-38)48-22-19-46(20-23-48)25-28-8-13-47(14-9-28)30-2-4-31(5-3-30)51-17-12-35(52)44-39(51)53/h2-7,24,27-29H,8-23,25-26H2,1H3,(H,41,42,43)(H,44,52,53). The number of nitrogens with one attached hydrogen (secondary N) is 2. The molecule has 0 radical (unpaired) electrons. The molecule has 5 amide bonds. The van der Waals surface area contributed by atoms with Crippen molar-refractivity contribution in [3.05, 3.63) is 48.8 Å². The van der Waals surface area contributed by atoms with Crippen molar-refractivity contribution < 1.29 is 14.4 Å². The van der Waals surface area contributed by atoms with Gasteiger partial charge in [-0.05, 0) is 80.0 Å². The number of imide groups is 1. The summed E-state index contributed by atoms with van der Waals surface area (Å²) in [5.74, 6) is 2.02. The van der Waals surface area contributed by atoms with Crippen molar-refractivity contribution in [2.75, 3.05) is 112 Å². The first-order valence-electron chi connectivity index (χ1n) is 19.8. The Balaban J connectivity index is 0.766. The number of piperazine rings is 1. The first-order valence-corrected chi connectivity index (χ1v) is 19.8. The van der Waals surface area contributed by atoms with Crippen molar-refractivity contribution in [2.45, 2.75) is 32.1 Å². The summed E-state index contributed by atoms with van der Waals surface area (Å²) in [7, 11) is 1.89. The van der Waals surface area contributed by atoms with Gasteiger partial charge >= 0.3 is 12.1 Å². The van der Waals surface area contributed by atoms with Gasteiger partial charge in [0.2, 0.25) is 5.91 Å². The Labute approximate surface area is 316 Å². The van der Waals surface area contributed by atoms with Gasteiger partial charge in [0.25, 0.3) is 0 Å². The maximum Gasteiger partial charge on any atom is 0.328 e. The fraction of sp³-hybridized carbons (Fsp3) is 0.525. The lowest BCUT2D eigenvalue weighted by Crippen LogP contribution is -2.49. The van der Waals surface area contributed by atoms with E-state index in [2.05, 4.69) is 65.2 Å². The SMILES string of the molecule is CN1CCN(CC2CCN(c3ncnc4[nH]c5cc(N6CCN(CC7CCN(c8ccc(N9CCC(=O)NC9=O)cc8)CC7)CC6)ccc5c34)CC2)C1=O. The number of H-pyrrole nitrogens is 1. The van der Waals surface area contributed by atoms with Crippen LogP contribution in [-0.2, 0) is 4.79 Å². The largest absolute Gasteiger partial charge is 0.372 e. The second-order valence-corrected chi connectivity index (χ2v) is 15.8. The van der Waals surface area contributed by atoms with E-state index in [0.717, 1.165) is 119 Å². The number of hydrogen-bond donors (Lipinski definition) is 2. The van der Waals surface area contributed by atoms with Gasteiger partial charge in [0.1, 0.15) is 17.8 Å². The smallest absolute Gasteiger partial charge is 0.328 e. The Morgan fingerprint density at radius 1 is 0.685 bits per heavy atom. The van der Waals surface area contributed by atoms with Crippen LogP contribution in [0.1, 0.15) is 32.1 Å². The number of piperidine rings is 2. The molecule has 0 aliphatic carbocycles. The van der Waals surface area contributed by atoms with Crippen LogP contribution in [0.2, 0.25) is 0 Å². The van der Waals surface area contributed by atoms with Gasteiger partial charge in [0.15, 0.2) is 0 Å². The molecule has 0 bridgehead atoms. The molecule has 5 aliphatic rings. The van der Waals surface area contributed by atoms with E-state index in [4.69, 9.17) is 4.98 Å². The second-order valence-electron chi connectivity index (χ2n) is 15.8. The summed E-state index contributed by atoms with van der Waals surface area (Å²) in [6.45, 7) is 12.2. The van der Waals surface area contributed by atoms with Gasteiger partial charge in [-0.1, -0.05) is 0 Å². The van der Waals surface area contributed by atoms with Crippen LogP contribution in [0.5, 0.6) is 0 Å². The Morgan fingerprint density at radius 2 is 1.35 bits per heavy atom. The third kappa shape index (κ3) is 6.87. The van der Waals surface area contributed by atoms with Gasteiger partial charge in [-0.15, -0.1) is 0 Å². The molecule has 0 atom stereocenters. The molecule has 5 saturated heterocycles. The lowest BCUT2D eigenvalue weighted by Gasteiger charge is -2.40. The number of anilines is 4. The van der Waals surface area contributed by atoms with E-state index in [1.807, 2.05) is 29.0 Å². The van der Waals surface area contributed by atoms with Crippen LogP contribution >= 0.6 is 0 Å². The summed E-state index contributed by atoms with van der Waals surface area (Å²) >= 11 is 0. The van der Waals surface area contributed by atoms with Crippen LogP contribution < -0.4 is 24.9 Å². The van der Waals surface area contributed by atoms with Crippen LogP contribution in [-0.4, -0.2) is 140 Å². The van der Waals surface area contributed by atoms with Crippen LogP contribution in [0.15, 0.2) is 48.8 Å².